The van der Waals surface area contributed by atoms with Gasteiger partial charge in [-0.25, -0.2) is 4.98 Å². The van der Waals surface area contributed by atoms with Gasteiger partial charge >= 0.3 is 0 Å². The SMILES string of the molecule is CC(C)c1cnc2c(c1)c(C#N)cn2C. The maximum atomic E-state index is 8.99. The van der Waals surface area contributed by atoms with Gasteiger partial charge in [0.05, 0.1) is 5.56 Å². The zero-order chi connectivity index (χ0) is 11.0. The average Bonchev–Trinajstić information content (AvgIpc) is 2.55. The molecule has 0 saturated carbocycles. The highest BCUT2D eigenvalue weighted by Gasteiger charge is 2.09. The fraction of sp³-hybridized carbons (Fsp3) is 0.333. The summed E-state index contributed by atoms with van der Waals surface area (Å²) < 4.78 is 1.89. The first-order valence-corrected chi connectivity index (χ1v) is 4.98. The van der Waals surface area contributed by atoms with Gasteiger partial charge in [-0.2, -0.15) is 5.26 Å². The van der Waals surface area contributed by atoms with Gasteiger partial charge in [-0.3, -0.25) is 0 Å². The minimum Gasteiger partial charge on any atom is -0.334 e. The zero-order valence-corrected chi connectivity index (χ0v) is 9.15. The molecule has 0 radical (unpaired) electrons. The van der Waals surface area contributed by atoms with E-state index < -0.39 is 0 Å². The first-order valence-electron chi connectivity index (χ1n) is 4.98. The summed E-state index contributed by atoms with van der Waals surface area (Å²) >= 11 is 0. The number of pyridine rings is 1. The van der Waals surface area contributed by atoms with Crippen molar-refractivity contribution in [1.29, 1.82) is 5.26 Å². The van der Waals surface area contributed by atoms with E-state index in [-0.39, 0.29) is 0 Å². The Hall–Kier alpha value is -1.82. The molecule has 15 heavy (non-hydrogen) atoms. The topological polar surface area (TPSA) is 41.6 Å². The Kier molecular flexibility index (Phi) is 2.20. The lowest BCUT2D eigenvalue weighted by Crippen LogP contribution is -1.91. The van der Waals surface area contributed by atoms with Crippen molar-refractivity contribution in [2.24, 2.45) is 7.05 Å². The lowest BCUT2D eigenvalue weighted by atomic mass is 10.0. The molecule has 2 aromatic heterocycles. The second-order valence-corrected chi connectivity index (χ2v) is 4.06. The molecule has 0 N–H and O–H groups in total. The van der Waals surface area contributed by atoms with Crippen LogP contribution in [0.3, 0.4) is 0 Å². The Balaban J connectivity index is 2.75. The molecule has 3 nitrogen and oxygen atoms in total. The minimum absolute atomic E-state index is 0.439. The van der Waals surface area contributed by atoms with Crippen molar-refractivity contribution in [3.05, 3.63) is 29.6 Å². The number of aromatic nitrogens is 2. The summed E-state index contributed by atoms with van der Waals surface area (Å²) in [7, 11) is 1.91. The molecule has 0 aliphatic heterocycles. The number of nitriles is 1. The Labute approximate surface area is 89.0 Å². The highest BCUT2D eigenvalue weighted by Crippen LogP contribution is 2.22. The molecule has 0 amide bonds. The number of hydrogen-bond acceptors (Lipinski definition) is 2. The molecule has 2 rings (SSSR count). The van der Waals surface area contributed by atoms with Gasteiger partial charge in [-0.05, 0) is 17.5 Å². The third-order valence-electron chi connectivity index (χ3n) is 2.62. The van der Waals surface area contributed by atoms with Crippen molar-refractivity contribution in [2.45, 2.75) is 19.8 Å². The van der Waals surface area contributed by atoms with E-state index in [1.807, 2.05) is 24.0 Å². The van der Waals surface area contributed by atoms with Gasteiger partial charge in [0.1, 0.15) is 11.7 Å². The Morgan fingerprint density at radius 1 is 1.47 bits per heavy atom. The minimum atomic E-state index is 0.439. The molecule has 0 saturated heterocycles. The molecule has 0 unspecified atom stereocenters. The van der Waals surface area contributed by atoms with E-state index >= 15 is 0 Å². The van der Waals surface area contributed by atoms with Crippen LogP contribution in [0.4, 0.5) is 0 Å². The molecule has 0 bridgehead atoms. The molecule has 0 aromatic carbocycles. The van der Waals surface area contributed by atoms with E-state index in [2.05, 4.69) is 31.0 Å². The van der Waals surface area contributed by atoms with Crippen molar-refractivity contribution in [3.63, 3.8) is 0 Å². The molecule has 0 atom stereocenters. The molecule has 0 aliphatic rings. The highest BCUT2D eigenvalue weighted by molar-refractivity contribution is 5.83. The van der Waals surface area contributed by atoms with Crippen LogP contribution >= 0.6 is 0 Å². The van der Waals surface area contributed by atoms with Gasteiger partial charge < -0.3 is 4.57 Å². The van der Waals surface area contributed by atoms with Crippen molar-refractivity contribution >= 4 is 11.0 Å². The fourth-order valence-electron chi connectivity index (χ4n) is 1.68. The van der Waals surface area contributed by atoms with Crippen LogP contribution < -0.4 is 0 Å². The smallest absolute Gasteiger partial charge is 0.140 e. The van der Waals surface area contributed by atoms with E-state index in [0.29, 0.717) is 11.5 Å². The number of aryl methyl sites for hydroxylation is 1. The number of hydrogen-bond donors (Lipinski definition) is 0. The zero-order valence-electron chi connectivity index (χ0n) is 9.15. The molecule has 0 fully saturated rings. The van der Waals surface area contributed by atoms with Crippen LogP contribution in [0.1, 0.15) is 30.9 Å². The maximum Gasteiger partial charge on any atom is 0.140 e. The van der Waals surface area contributed by atoms with Crippen molar-refractivity contribution < 1.29 is 0 Å². The first-order chi connectivity index (χ1) is 7.13. The normalized spacial score (nSPS) is 10.9. The van der Waals surface area contributed by atoms with Gasteiger partial charge in [0.2, 0.25) is 0 Å². The molecule has 76 valence electrons. The third-order valence-corrected chi connectivity index (χ3v) is 2.62. The second kappa shape index (κ2) is 3.39. The summed E-state index contributed by atoms with van der Waals surface area (Å²) in [5, 5.41) is 9.94. The van der Waals surface area contributed by atoms with Crippen LogP contribution in [-0.4, -0.2) is 9.55 Å². The summed E-state index contributed by atoms with van der Waals surface area (Å²) in [4.78, 5) is 4.38. The van der Waals surface area contributed by atoms with E-state index in [0.717, 1.165) is 11.0 Å². The Bertz CT molecular complexity index is 544. The van der Waals surface area contributed by atoms with Crippen LogP contribution in [0.15, 0.2) is 18.5 Å². The molecule has 2 aromatic rings. The van der Waals surface area contributed by atoms with Crippen molar-refractivity contribution in [3.8, 4) is 6.07 Å². The second-order valence-electron chi connectivity index (χ2n) is 4.06. The quantitative estimate of drug-likeness (QED) is 0.708. The highest BCUT2D eigenvalue weighted by atomic mass is 15.0. The molecular formula is C12H13N3. The molecule has 2 heterocycles. The van der Waals surface area contributed by atoms with Gasteiger partial charge in [-0.15, -0.1) is 0 Å². The van der Waals surface area contributed by atoms with Gasteiger partial charge in [0, 0.05) is 24.8 Å². The monoisotopic (exact) mass is 199 g/mol. The number of nitrogens with zero attached hydrogens (tertiary/aromatic N) is 3. The standard InChI is InChI=1S/C12H13N3/c1-8(2)9-4-11-10(5-13)7-15(3)12(11)14-6-9/h4,6-8H,1-3H3. The summed E-state index contributed by atoms with van der Waals surface area (Å²) in [6.45, 7) is 4.25. The lowest BCUT2D eigenvalue weighted by Gasteiger charge is -2.04. The van der Waals surface area contributed by atoms with E-state index in [1.165, 1.54) is 5.56 Å². The Morgan fingerprint density at radius 2 is 2.20 bits per heavy atom. The first kappa shape index (κ1) is 9.72. The summed E-state index contributed by atoms with van der Waals surface area (Å²) in [5.74, 6) is 0.439. The maximum absolute atomic E-state index is 8.99. The molecule has 0 aliphatic carbocycles. The fourth-order valence-corrected chi connectivity index (χ4v) is 1.68. The van der Waals surface area contributed by atoms with Gasteiger partial charge in [-0.1, -0.05) is 13.8 Å². The van der Waals surface area contributed by atoms with Gasteiger partial charge in [0.15, 0.2) is 0 Å². The Morgan fingerprint density at radius 3 is 2.80 bits per heavy atom. The predicted octanol–water partition coefficient (Wildman–Crippen LogP) is 2.57. The number of rotatable bonds is 1. The van der Waals surface area contributed by atoms with E-state index in [9.17, 15) is 0 Å². The lowest BCUT2D eigenvalue weighted by molar-refractivity contribution is 0.858. The average molecular weight is 199 g/mol. The number of fused-ring (bicyclic) bond motifs is 1. The van der Waals surface area contributed by atoms with E-state index in [4.69, 9.17) is 5.26 Å². The van der Waals surface area contributed by atoms with Crippen LogP contribution in [0, 0.1) is 11.3 Å². The van der Waals surface area contributed by atoms with Crippen molar-refractivity contribution in [1.82, 2.24) is 9.55 Å². The molecule has 3 heteroatoms. The molecule has 0 spiro atoms. The van der Waals surface area contributed by atoms with Crippen LogP contribution in [0.5, 0.6) is 0 Å². The van der Waals surface area contributed by atoms with Crippen LogP contribution in [-0.2, 0) is 7.05 Å². The largest absolute Gasteiger partial charge is 0.334 e. The predicted molar refractivity (Wildman–Crippen MR) is 59.5 cm³/mol. The van der Waals surface area contributed by atoms with E-state index in [1.54, 1.807) is 0 Å². The van der Waals surface area contributed by atoms with Crippen LogP contribution in [0.25, 0.3) is 11.0 Å². The third kappa shape index (κ3) is 1.48. The van der Waals surface area contributed by atoms with Crippen molar-refractivity contribution in [2.75, 3.05) is 0 Å². The summed E-state index contributed by atoms with van der Waals surface area (Å²) in [6, 6.07) is 4.26. The summed E-state index contributed by atoms with van der Waals surface area (Å²) in [5.41, 5.74) is 2.74. The van der Waals surface area contributed by atoms with Gasteiger partial charge in [0.25, 0.3) is 0 Å². The molecular weight excluding hydrogens is 186 g/mol. The van der Waals surface area contributed by atoms with Crippen LogP contribution in [0.2, 0.25) is 0 Å². The summed E-state index contributed by atoms with van der Waals surface area (Å²) in [6.07, 6.45) is 3.70.